The lowest BCUT2D eigenvalue weighted by Gasteiger charge is -2.15. The molecule has 8 heteroatoms. The third-order valence-electron chi connectivity index (χ3n) is 4.60. The number of benzene rings is 2. The van der Waals surface area contributed by atoms with Gasteiger partial charge in [-0.05, 0) is 43.7 Å². The van der Waals surface area contributed by atoms with Crippen LogP contribution in [0, 0.1) is 6.92 Å². The van der Waals surface area contributed by atoms with Gasteiger partial charge in [0.2, 0.25) is 0 Å². The van der Waals surface area contributed by atoms with E-state index in [4.69, 9.17) is 4.74 Å². The molecule has 2 heterocycles. The summed E-state index contributed by atoms with van der Waals surface area (Å²) in [5.74, 6) is 1.09. The Morgan fingerprint density at radius 3 is 2.47 bits per heavy atom. The Labute approximate surface area is 175 Å². The molecular formula is C22H18F3N3OS. The molecule has 30 heavy (non-hydrogen) atoms. The summed E-state index contributed by atoms with van der Waals surface area (Å²) in [5, 5.41) is 3.58. The van der Waals surface area contributed by atoms with Crippen LogP contribution in [0.1, 0.15) is 17.4 Å². The number of rotatable bonds is 5. The molecular weight excluding hydrogens is 411 g/mol. The van der Waals surface area contributed by atoms with Gasteiger partial charge in [0.25, 0.3) is 0 Å². The van der Waals surface area contributed by atoms with Gasteiger partial charge in [-0.1, -0.05) is 24.3 Å². The molecule has 0 aliphatic rings. The van der Waals surface area contributed by atoms with Crippen LogP contribution in [0.3, 0.4) is 0 Å². The molecule has 0 bridgehead atoms. The Hall–Kier alpha value is -3.13. The van der Waals surface area contributed by atoms with Crippen LogP contribution in [0.15, 0.2) is 54.9 Å². The van der Waals surface area contributed by atoms with E-state index in [0.29, 0.717) is 22.6 Å². The van der Waals surface area contributed by atoms with Gasteiger partial charge in [-0.3, -0.25) is 0 Å². The summed E-state index contributed by atoms with van der Waals surface area (Å²) in [6.07, 6.45) is -3.11. The van der Waals surface area contributed by atoms with E-state index in [1.807, 2.05) is 38.1 Å². The minimum Gasteiger partial charge on any atom is -0.494 e. The van der Waals surface area contributed by atoms with E-state index in [9.17, 15) is 13.2 Å². The fourth-order valence-corrected chi connectivity index (χ4v) is 4.35. The number of aryl methyl sites for hydroxylation is 1. The molecule has 0 amide bonds. The fourth-order valence-electron chi connectivity index (χ4n) is 3.34. The van der Waals surface area contributed by atoms with E-state index < -0.39 is 11.7 Å². The summed E-state index contributed by atoms with van der Waals surface area (Å²) in [6, 6.07) is 13.0. The lowest BCUT2D eigenvalue weighted by atomic mass is 10.0. The Morgan fingerprint density at radius 1 is 1.03 bits per heavy atom. The van der Waals surface area contributed by atoms with E-state index in [2.05, 4.69) is 15.3 Å². The van der Waals surface area contributed by atoms with E-state index in [0.717, 1.165) is 27.8 Å². The first-order chi connectivity index (χ1) is 14.4. The van der Waals surface area contributed by atoms with E-state index in [1.54, 1.807) is 6.07 Å². The number of ether oxygens (including phenoxy) is 1. The zero-order valence-corrected chi connectivity index (χ0v) is 17.1. The average Bonchev–Trinajstić information content (AvgIpc) is 3.05. The van der Waals surface area contributed by atoms with Crippen LogP contribution in [0.25, 0.3) is 21.3 Å². The molecule has 4 nitrogen and oxygen atoms in total. The van der Waals surface area contributed by atoms with Crippen molar-refractivity contribution in [3.05, 3.63) is 65.3 Å². The van der Waals surface area contributed by atoms with Gasteiger partial charge in [-0.25, -0.2) is 9.97 Å². The number of nitrogens with one attached hydrogen (secondary N) is 1. The second-order valence-corrected chi connectivity index (χ2v) is 7.76. The number of halogens is 3. The van der Waals surface area contributed by atoms with Crippen molar-refractivity contribution >= 4 is 33.1 Å². The van der Waals surface area contributed by atoms with Crippen molar-refractivity contribution in [2.75, 3.05) is 11.9 Å². The lowest BCUT2D eigenvalue weighted by molar-refractivity contribution is -0.136. The highest BCUT2D eigenvalue weighted by atomic mass is 32.1. The SMILES string of the molecule is CCOc1ccc(-c2c(C)sc3ncnc(Nc4ccccc4C(F)(F)F)c23)cc1. The molecule has 0 atom stereocenters. The van der Waals surface area contributed by atoms with Crippen LogP contribution in [-0.2, 0) is 6.18 Å². The van der Waals surface area contributed by atoms with Crippen LogP contribution in [-0.4, -0.2) is 16.6 Å². The number of anilines is 2. The van der Waals surface area contributed by atoms with E-state index in [1.165, 1.54) is 29.8 Å². The Balaban J connectivity index is 1.83. The molecule has 0 saturated heterocycles. The first-order valence-electron chi connectivity index (χ1n) is 9.29. The third-order valence-corrected chi connectivity index (χ3v) is 5.62. The van der Waals surface area contributed by atoms with Gasteiger partial charge < -0.3 is 10.1 Å². The second kappa shape index (κ2) is 7.95. The van der Waals surface area contributed by atoms with E-state index in [-0.39, 0.29) is 5.69 Å². The quantitative estimate of drug-likeness (QED) is 0.378. The highest BCUT2D eigenvalue weighted by Gasteiger charge is 2.33. The maximum absolute atomic E-state index is 13.4. The summed E-state index contributed by atoms with van der Waals surface area (Å²) < 4.78 is 45.8. The van der Waals surface area contributed by atoms with Crippen molar-refractivity contribution in [3.8, 4) is 16.9 Å². The number of nitrogens with zero attached hydrogens (tertiary/aromatic N) is 2. The molecule has 0 aliphatic carbocycles. The zero-order valence-electron chi connectivity index (χ0n) is 16.2. The molecule has 2 aromatic carbocycles. The Kier molecular flexibility index (Phi) is 5.34. The predicted molar refractivity (Wildman–Crippen MR) is 113 cm³/mol. The molecule has 4 rings (SSSR count). The number of alkyl halides is 3. The minimum atomic E-state index is -4.47. The molecule has 154 valence electrons. The van der Waals surface area contributed by atoms with Crippen molar-refractivity contribution < 1.29 is 17.9 Å². The van der Waals surface area contributed by atoms with Crippen LogP contribution in [0.5, 0.6) is 5.75 Å². The number of hydrogen-bond acceptors (Lipinski definition) is 5. The molecule has 0 aliphatic heterocycles. The maximum Gasteiger partial charge on any atom is 0.418 e. The minimum absolute atomic E-state index is 0.0495. The van der Waals surface area contributed by atoms with Gasteiger partial charge >= 0.3 is 6.18 Å². The van der Waals surface area contributed by atoms with Gasteiger partial charge in [0.05, 0.1) is 23.2 Å². The van der Waals surface area contributed by atoms with Crippen molar-refractivity contribution in [1.82, 2.24) is 9.97 Å². The largest absolute Gasteiger partial charge is 0.494 e. The monoisotopic (exact) mass is 429 g/mol. The molecule has 4 aromatic rings. The van der Waals surface area contributed by atoms with Gasteiger partial charge in [0.1, 0.15) is 22.7 Å². The first kappa shape index (κ1) is 20.2. The molecule has 0 radical (unpaired) electrons. The van der Waals surface area contributed by atoms with Gasteiger partial charge in [0, 0.05) is 10.4 Å². The highest BCUT2D eigenvalue weighted by Crippen LogP contribution is 2.42. The molecule has 2 aromatic heterocycles. The normalized spacial score (nSPS) is 11.6. The fraction of sp³-hybridized carbons (Fsp3) is 0.182. The van der Waals surface area contributed by atoms with Crippen molar-refractivity contribution in [2.45, 2.75) is 20.0 Å². The topological polar surface area (TPSA) is 47.0 Å². The standard InChI is InChI=1S/C22H18F3N3OS/c1-3-29-15-10-8-14(9-11-15)18-13(2)30-21-19(18)20(26-12-27-21)28-17-7-5-4-6-16(17)22(23,24)25/h4-12H,3H2,1-2H3,(H,26,27,28). The van der Waals surface area contributed by atoms with Crippen molar-refractivity contribution in [3.63, 3.8) is 0 Å². The number of para-hydroxylation sites is 1. The third kappa shape index (κ3) is 3.82. The molecule has 0 fully saturated rings. The van der Waals surface area contributed by atoms with Crippen LogP contribution in [0.2, 0.25) is 0 Å². The summed E-state index contributed by atoms with van der Waals surface area (Å²) in [7, 11) is 0. The summed E-state index contributed by atoms with van der Waals surface area (Å²) in [6.45, 7) is 4.45. The number of hydrogen-bond donors (Lipinski definition) is 1. The maximum atomic E-state index is 13.4. The highest BCUT2D eigenvalue weighted by molar-refractivity contribution is 7.19. The van der Waals surface area contributed by atoms with E-state index >= 15 is 0 Å². The summed E-state index contributed by atoms with van der Waals surface area (Å²) >= 11 is 1.48. The molecule has 1 N–H and O–H groups in total. The number of fused-ring (bicyclic) bond motifs is 1. The Bertz CT molecular complexity index is 1190. The number of thiophene rings is 1. The van der Waals surface area contributed by atoms with Crippen molar-refractivity contribution in [2.24, 2.45) is 0 Å². The van der Waals surface area contributed by atoms with Crippen LogP contribution < -0.4 is 10.1 Å². The molecule has 0 saturated carbocycles. The first-order valence-corrected chi connectivity index (χ1v) is 10.1. The lowest BCUT2D eigenvalue weighted by Crippen LogP contribution is -2.09. The number of aromatic nitrogens is 2. The Morgan fingerprint density at radius 2 is 1.77 bits per heavy atom. The van der Waals surface area contributed by atoms with Gasteiger partial charge in [0.15, 0.2) is 0 Å². The van der Waals surface area contributed by atoms with Crippen molar-refractivity contribution in [1.29, 1.82) is 0 Å². The zero-order chi connectivity index (χ0) is 21.3. The van der Waals surface area contributed by atoms with Crippen LogP contribution in [0.4, 0.5) is 24.7 Å². The van der Waals surface area contributed by atoms with Crippen LogP contribution >= 0.6 is 11.3 Å². The molecule has 0 spiro atoms. The summed E-state index contributed by atoms with van der Waals surface area (Å²) in [4.78, 5) is 10.3. The van der Waals surface area contributed by atoms with Gasteiger partial charge in [-0.2, -0.15) is 13.2 Å². The summed E-state index contributed by atoms with van der Waals surface area (Å²) in [5.41, 5.74) is 1.02. The second-order valence-electron chi connectivity index (χ2n) is 6.56. The predicted octanol–water partition coefficient (Wildman–Crippen LogP) is 6.83. The smallest absolute Gasteiger partial charge is 0.418 e. The average molecular weight is 429 g/mol. The van der Waals surface area contributed by atoms with Gasteiger partial charge in [-0.15, -0.1) is 11.3 Å². The molecule has 0 unspecified atom stereocenters.